The fourth-order valence-corrected chi connectivity index (χ4v) is 3.35. The van der Waals surface area contributed by atoms with Crippen molar-refractivity contribution in [3.63, 3.8) is 0 Å². The third-order valence-electron chi connectivity index (χ3n) is 3.37. The second kappa shape index (κ2) is 6.32. The van der Waals surface area contributed by atoms with Gasteiger partial charge in [0.1, 0.15) is 0 Å². The van der Waals surface area contributed by atoms with Crippen molar-refractivity contribution < 1.29 is 18.0 Å². The van der Waals surface area contributed by atoms with Gasteiger partial charge in [0.2, 0.25) is 5.91 Å². The zero-order chi connectivity index (χ0) is 13.9. The Kier molecular flexibility index (Phi) is 4.97. The lowest BCUT2D eigenvalue weighted by molar-refractivity contribution is -0.143. The molecule has 2 aliphatic rings. The van der Waals surface area contributed by atoms with E-state index in [9.17, 15) is 18.0 Å². The Hall–Kier alpha value is -0.470. The molecule has 2 N–H and O–H groups in total. The van der Waals surface area contributed by atoms with E-state index in [1.165, 1.54) is 4.90 Å². The first-order valence-corrected chi connectivity index (χ1v) is 7.47. The molecule has 2 rings (SSSR count). The molecule has 2 aliphatic heterocycles. The molecule has 0 saturated carbocycles. The van der Waals surface area contributed by atoms with Crippen LogP contribution in [-0.4, -0.2) is 60.8 Å². The number of thioether (sulfide) groups is 1. The smallest absolute Gasteiger partial charge is 0.354 e. The Bertz CT molecular complexity index is 321. The summed E-state index contributed by atoms with van der Waals surface area (Å²) in [6, 6.07) is -0.155. The highest BCUT2D eigenvalue weighted by molar-refractivity contribution is 7.99. The van der Waals surface area contributed by atoms with E-state index in [0.29, 0.717) is 26.1 Å². The van der Waals surface area contributed by atoms with Crippen LogP contribution >= 0.6 is 11.8 Å². The minimum Gasteiger partial charge on any atom is -0.354 e. The second-order valence-corrected chi connectivity index (χ2v) is 6.05. The quantitative estimate of drug-likeness (QED) is 0.800. The largest absolute Gasteiger partial charge is 0.401 e. The Labute approximate surface area is 114 Å². The van der Waals surface area contributed by atoms with Gasteiger partial charge >= 0.3 is 6.18 Å². The number of halogens is 3. The average Bonchev–Trinajstić information content (AvgIpc) is 2.94. The molecule has 2 unspecified atom stereocenters. The summed E-state index contributed by atoms with van der Waals surface area (Å²) in [5.74, 6) is 1.62. The van der Waals surface area contributed by atoms with Crippen LogP contribution in [0.2, 0.25) is 0 Å². The van der Waals surface area contributed by atoms with Gasteiger partial charge in [0.15, 0.2) is 0 Å². The number of alkyl halides is 3. The molecule has 0 aromatic heterocycles. The maximum atomic E-state index is 12.2. The predicted octanol–water partition coefficient (Wildman–Crippen LogP) is 0.649. The number of carbonyl (C=O) groups is 1. The number of carbonyl (C=O) groups excluding carboxylic acids is 1. The molecule has 0 bridgehead atoms. The first-order valence-electron chi connectivity index (χ1n) is 6.32. The monoisotopic (exact) mass is 297 g/mol. The van der Waals surface area contributed by atoms with Crippen molar-refractivity contribution in [1.82, 2.24) is 15.5 Å². The van der Waals surface area contributed by atoms with Gasteiger partial charge in [-0.2, -0.15) is 13.2 Å². The van der Waals surface area contributed by atoms with E-state index in [1.807, 2.05) is 0 Å². The molecule has 0 radical (unpaired) electrons. The van der Waals surface area contributed by atoms with E-state index in [1.54, 1.807) is 11.8 Å². The van der Waals surface area contributed by atoms with Gasteiger partial charge in [0.05, 0.1) is 12.6 Å². The first kappa shape index (κ1) is 14.9. The molecule has 2 saturated heterocycles. The fourth-order valence-electron chi connectivity index (χ4n) is 2.41. The van der Waals surface area contributed by atoms with Crippen molar-refractivity contribution in [1.29, 1.82) is 0 Å². The van der Waals surface area contributed by atoms with Crippen LogP contribution in [0.1, 0.15) is 6.42 Å². The van der Waals surface area contributed by atoms with Crippen LogP contribution < -0.4 is 10.6 Å². The van der Waals surface area contributed by atoms with Crippen LogP contribution in [-0.2, 0) is 4.79 Å². The summed E-state index contributed by atoms with van der Waals surface area (Å²) in [4.78, 5) is 13.1. The SMILES string of the molecule is O=C(NCC1CCN(CC(F)(F)F)C1)C1CSCN1. The average molecular weight is 297 g/mol. The summed E-state index contributed by atoms with van der Waals surface area (Å²) < 4.78 is 36.7. The van der Waals surface area contributed by atoms with Crippen molar-refractivity contribution >= 4 is 17.7 Å². The minimum atomic E-state index is -4.14. The van der Waals surface area contributed by atoms with Gasteiger partial charge in [0.25, 0.3) is 0 Å². The molecule has 110 valence electrons. The lowest BCUT2D eigenvalue weighted by Gasteiger charge is -2.18. The summed E-state index contributed by atoms with van der Waals surface area (Å²) in [6.45, 7) is 0.485. The number of hydrogen-bond donors (Lipinski definition) is 2. The molecule has 2 fully saturated rings. The van der Waals surface area contributed by atoms with Crippen molar-refractivity contribution in [3.05, 3.63) is 0 Å². The lowest BCUT2D eigenvalue weighted by Crippen LogP contribution is -2.44. The molecule has 4 nitrogen and oxygen atoms in total. The van der Waals surface area contributed by atoms with Crippen molar-refractivity contribution in [3.8, 4) is 0 Å². The van der Waals surface area contributed by atoms with E-state index in [4.69, 9.17) is 0 Å². The lowest BCUT2D eigenvalue weighted by atomic mass is 10.1. The number of nitrogens with one attached hydrogen (secondary N) is 2. The van der Waals surface area contributed by atoms with Crippen LogP contribution in [0.3, 0.4) is 0 Å². The molecule has 0 aromatic carbocycles. The Morgan fingerprint density at radius 1 is 1.47 bits per heavy atom. The summed E-state index contributed by atoms with van der Waals surface area (Å²) in [6.07, 6.45) is -3.42. The number of hydrogen-bond acceptors (Lipinski definition) is 4. The molecular weight excluding hydrogens is 279 g/mol. The Balaban J connectivity index is 1.66. The summed E-state index contributed by atoms with van der Waals surface area (Å²) in [7, 11) is 0. The van der Waals surface area contributed by atoms with Gasteiger partial charge in [-0.15, -0.1) is 11.8 Å². The third kappa shape index (κ3) is 4.85. The van der Waals surface area contributed by atoms with Crippen LogP contribution in [0.25, 0.3) is 0 Å². The normalized spacial score (nSPS) is 28.8. The molecule has 2 atom stereocenters. The van der Waals surface area contributed by atoms with Gasteiger partial charge in [-0.3, -0.25) is 15.0 Å². The standard InChI is InChI=1S/C11H18F3N3OS/c12-11(13,14)6-17-2-1-8(4-17)3-15-10(18)9-5-19-7-16-9/h8-9,16H,1-7H2,(H,15,18). The van der Waals surface area contributed by atoms with Crippen LogP contribution in [0.15, 0.2) is 0 Å². The third-order valence-corrected chi connectivity index (χ3v) is 4.31. The summed E-state index contributed by atoms with van der Waals surface area (Å²) >= 11 is 1.67. The topological polar surface area (TPSA) is 44.4 Å². The van der Waals surface area contributed by atoms with Crippen molar-refractivity contribution in [2.24, 2.45) is 5.92 Å². The van der Waals surface area contributed by atoms with Crippen LogP contribution in [0, 0.1) is 5.92 Å². The first-order chi connectivity index (χ1) is 8.94. The molecular formula is C11H18F3N3OS. The number of amides is 1. The second-order valence-electron chi connectivity index (χ2n) is 5.02. The zero-order valence-corrected chi connectivity index (χ0v) is 11.3. The van der Waals surface area contributed by atoms with Crippen LogP contribution in [0.4, 0.5) is 13.2 Å². The van der Waals surface area contributed by atoms with Gasteiger partial charge in [0, 0.05) is 24.7 Å². The highest BCUT2D eigenvalue weighted by Crippen LogP contribution is 2.22. The molecule has 1 amide bonds. The van der Waals surface area contributed by atoms with E-state index in [0.717, 1.165) is 11.6 Å². The van der Waals surface area contributed by atoms with Crippen molar-refractivity contribution in [2.75, 3.05) is 37.8 Å². The van der Waals surface area contributed by atoms with Gasteiger partial charge in [-0.1, -0.05) is 0 Å². The van der Waals surface area contributed by atoms with E-state index < -0.39 is 12.7 Å². The van der Waals surface area contributed by atoms with Crippen LogP contribution in [0.5, 0.6) is 0 Å². The molecule has 19 heavy (non-hydrogen) atoms. The molecule has 0 aromatic rings. The highest BCUT2D eigenvalue weighted by atomic mass is 32.2. The Morgan fingerprint density at radius 3 is 2.89 bits per heavy atom. The molecule has 0 aliphatic carbocycles. The van der Waals surface area contributed by atoms with Crippen molar-refractivity contribution in [2.45, 2.75) is 18.6 Å². The minimum absolute atomic E-state index is 0.0423. The summed E-state index contributed by atoms with van der Waals surface area (Å²) in [5, 5.41) is 5.89. The van der Waals surface area contributed by atoms with Gasteiger partial charge < -0.3 is 5.32 Å². The summed E-state index contributed by atoms with van der Waals surface area (Å²) in [5.41, 5.74) is 0. The van der Waals surface area contributed by atoms with Gasteiger partial charge in [-0.25, -0.2) is 0 Å². The molecule has 2 heterocycles. The fraction of sp³-hybridized carbons (Fsp3) is 0.909. The van der Waals surface area contributed by atoms with E-state index in [2.05, 4.69) is 10.6 Å². The molecule has 0 spiro atoms. The molecule has 8 heteroatoms. The van der Waals surface area contributed by atoms with E-state index in [-0.39, 0.29) is 17.9 Å². The zero-order valence-electron chi connectivity index (χ0n) is 10.5. The number of likely N-dealkylation sites (tertiary alicyclic amines) is 1. The van der Waals surface area contributed by atoms with Gasteiger partial charge in [-0.05, 0) is 18.9 Å². The number of rotatable bonds is 4. The highest BCUT2D eigenvalue weighted by Gasteiger charge is 2.34. The Morgan fingerprint density at radius 2 is 2.26 bits per heavy atom. The predicted molar refractivity (Wildman–Crippen MR) is 67.9 cm³/mol. The maximum Gasteiger partial charge on any atom is 0.401 e. The number of nitrogens with zero attached hydrogens (tertiary/aromatic N) is 1. The maximum absolute atomic E-state index is 12.2. The van der Waals surface area contributed by atoms with E-state index >= 15 is 0 Å².